The molecule has 0 amide bonds. The van der Waals surface area contributed by atoms with Gasteiger partial charge in [-0.05, 0) is 19.3 Å². The molecule has 1 aliphatic rings. The van der Waals surface area contributed by atoms with E-state index in [4.69, 9.17) is 10.9 Å². The lowest BCUT2D eigenvalue weighted by molar-refractivity contribution is 0.285. The van der Waals surface area contributed by atoms with E-state index in [0.29, 0.717) is 18.4 Å². The number of oxime groups is 1. The molecule has 1 rings (SSSR count). The predicted molar refractivity (Wildman–Crippen MR) is 48.2 cm³/mol. The van der Waals surface area contributed by atoms with Crippen molar-refractivity contribution >= 4 is 5.84 Å². The summed E-state index contributed by atoms with van der Waals surface area (Å²) in [7, 11) is 0. The fraction of sp³-hybridized carbons (Fsp3) is 0.875. The zero-order valence-corrected chi connectivity index (χ0v) is 7.70. The maximum absolute atomic E-state index is 8.38. The summed E-state index contributed by atoms with van der Waals surface area (Å²) in [5, 5.41) is 11.3. The van der Waals surface area contributed by atoms with Gasteiger partial charge < -0.3 is 10.9 Å². The third-order valence-corrected chi connectivity index (χ3v) is 2.41. The van der Waals surface area contributed by atoms with Gasteiger partial charge in [0.2, 0.25) is 0 Å². The monoisotopic (exact) mass is 171 g/mol. The quantitative estimate of drug-likeness (QED) is 0.275. The van der Waals surface area contributed by atoms with Crippen molar-refractivity contribution in [3.63, 3.8) is 0 Å². The van der Waals surface area contributed by atoms with Crippen molar-refractivity contribution in [1.82, 2.24) is 4.90 Å². The summed E-state index contributed by atoms with van der Waals surface area (Å²) in [6.45, 7) is 6.04. The molecule has 0 bridgehead atoms. The average Bonchev–Trinajstić information content (AvgIpc) is 2.30. The Hall–Kier alpha value is -0.770. The van der Waals surface area contributed by atoms with Crippen LogP contribution >= 0.6 is 0 Å². The molecule has 0 aliphatic carbocycles. The Balaban J connectivity index is 2.43. The van der Waals surface area contributed by atoms with E-state index in [0.717, 1.165) is 12.5 Å². The summed E-state index contributed by atoms with van der Waals surface area (Å²) >= 11 is 0. The summed E-state index contributed by atoms with van der Waals surface area (Å²) < 4.78 is 0. The highest BCUT2D eigenvalue weighted by atomic mass is 16.4. The minimum atomic E-state index is 0.302. The van der Waals surface area contributed by atoms with Crippen LogP contribution in [0.25, 0.3) is 0 Å². The maximum Gasteiger partial charge on any atom is 0.153 e. The number of hydrogen-bond acceptors (Lipinski definition) is 3. The molecule has 1 fully saturated rings. The van der Waals surface area contributed by atoms with Crippen LogP contribution in [0.5, 0.6) is 0 Å². The number of nitrogens with zero attached hydrogens (tertiary/aromatic N) is 2. The summed E-state index contributed by atoms with van der Waals surface area (Å²) in [5.41, 5.74) is 5.42. The summed E-state index contributed by atoms with van der Waals surface area (Å²) in [6.07, 6.45) is 1.21. The van der Waals surface area contributed by atoms with Crippen molar-refractivity contribution in [2.45, 2.75) is 26.3 Å². The van der Waals surface area contributed by atoms with Gasteiger partial charge in [0.05, 0.1) is 6.54 Å². The molecule has 1 saturated heterocycles. The summed E-state index contributed by atoms with van der Waals surface area (Å²) in [6, 6.07) is 0.556. The van der Waals surface area contributed by atoms with E-state index in [1.807, 2.05) is 0 Å². The minimum absolute atomic E-state index is 0.302. The number of hydrogen-bond donors (Lipinski definition) is 2. The van der Waals surface area contributed by atoms with E-state index < -0.39 is 0 Å². The molecule has 4 nitrogen and oxygen atoms in total. The Bertz CT molecular complexity index is 181. The van der Waals surface area contributed by atoms with Gasteiger partial charge in [0, 0.05) is 12.6 Å². The second-order valence-electron chi connectivity index (χ2n) is 3.71. The van der Waals surface area contributed by atoms with Crippen LogP contribution < -0.4 is 5.73 Å². The number of rotatable bonds is 2. The molecule has 2 atom stereocenters. The molecule has 70 valence electrons. The van der Waals surface area contributed by atoms with Gasteiger partial charge in [-0.3, -0.25) is 4.90 Å². The van der Waals surface area contributed by atoms with Crippen LogP contribution in [0.4, 0.5) is 0 Å². The number of nitrogens with two attached hydrogens (primary N) is 1. The van der Waals surface area contributed by atoms with Crippen LogP contribution in [0.2, 0.25) is 0 Å². The Morgan fingerprint density at radius 3 is 2.75 bits per heavy atom. The Labute approximate surface area is 73.0 Å². The molecule has 0 spiro atoms. The van der Waals surface area contributed by atoms with Crippen LogP contribution in [-0.2, 0) is 0 Å². The van der Waals surface area contributed by atoms with Gasteiger partial charge in [-0.1, -0.05) is 12.1 Å². The van der Waals surface area contributed by atoms with Gasteiger partial charge >= 0.3 is 0 Å². The standard InChI is InChI=1S/C8H17N3O/c1-6-3-7(2)11(4-6)5-8(9)10-12/h6-7,12H,3-5H2,1-2H3,(H2,9,10). The normalized spacial score (nSPS) is 32.7. The van der Waals surface area contributed by atoms with Crippen molar-refractivity contribution < 1.29 is 5.21 Å². The van der Waals surface area contributed by atoms with E-state index in [2.05, 4.69) is 23.9 Å². The first-order valence-corrected chi connectivity index (χ1v) is 4.34. The molecule has 0 saturated carbocycles. The highest BCUT2D eigenvalue weighted by Gasteiger charge is 2.26. The lowest BCUT2D eigenvalue weighted by atomic mass is 10.1. The number of likely N-dealkylation sites (tertiary alicyclic amines) is 1. The van der Waals surface area contributed by atoms with E-state index in [-0.39, 0.29) is 0 Å². The summed E-state index contributed by atoms with van der Waals surface area (Å²) in [4.78, 5) is 2.24. The van der Waals surface area contributed by atoms with Crippen LogP contribution in [0, 0.1) is 5.92 Å². The highest BCUT2D eigenvalue weighted by molar-refractivity contribution is 5.81. The zero-order valence-electron chi connectivity index (χ0n) is 7.70. The van der Waals surface area contributed by atoms with E-state index in [9.17, 15) is 0 Å². The first kappa shape index (κ1) is 9.32. The third kappa shape index (κ3) is 2.11. The molecule has 4 heteroatoms. The smallest absolute Gasteiger partial charge is 0.153 e. The maximum atomic E-state index is 8.38. The molecule has 0 aromatic heterocycles. The Morgan fingerprint density at radius 1 is 1.67 bits per heavy atom. The lowest BCUT2D eigenvalue weighted by Crippen LogP contribution is -2.36. The van der Waals surface area contributed by atoms with Crippen LogP contribution in [0.1, 0.15) is 20.3 Å². The van der Waals surface area contributed by atoms with Crippen molar-refractivity contribution in [1.29, 1.82) is 0 Å². The Kier molecular flexibility index (Phi) is 2.92. The zero-order chi connectivity index (χ0) is 9.14. The van der Waals surface area contributed by atoms with Gasteiger partial charge in [0.25, 0.3) is 0 Å². The average molecular weight is 171 g/mol. The topological polar surface area (TPSA) is 61.8 Å². The van der Waals surface area contributed by atoms with Gasteiger partial charge in [-0.25, -0.2) is 0 Å². The number of amidine groups is 1. The fourth-order valence-corrected chi connectivity index (χ4v) is 1.85. The summed E-state index contributed by atoms with van der Waals surface area (Å²) in [5.74, 6) is 1.03. The largest absolute Gasteiger partial charge is 0.409 e. The SMILES string of the molecule is CC1CC(C)N(C/C(N)=N/O)C1. The molecule has 0 aromatic carbocycles. The molecular weight excluding hydrogens is 154 g/mol. The lowest BCUT2D eigenvalue weighted by Gasteiger charge is -2.19. The van der Waals surface area contributed by atoms with Crippen molar-refractivity contribution in [2.24, 2.45) is 16.8 Å². The fourth-order valence-electron chi connectivity index (χ4n) is 1.85. The van der Waals surface area contributed by atoms with Crippen LogP contribution in [0.15, 0.2) is 5.16 Å². The highest BCUT2D eigenvalue weighted by Crippen LogP contribution is 2.21. The molecule has 0 radical (unpaired) electrons. The minimum Gasteiger partial charge on any atom is -0.409 e. The molecule has 12 heavy (non-hydrogen) atoms. The van der Waals surface area contributed by atoms with Crippen molar-refractivity contribution in [3.8, 4) is 0 Å². The van der Waals surface area contributed by atoms with Gasteiger partial charge in [0.15, 0.2) is 5.84 Å². The van der Waals surface area contributed by atoms with Gasteiger partial charge in [-0.2, -0.15) is 0 Å². The first-order chi connectivity index (χ1) is 5.63. The van der Waals surface area contributed by atoms with Crippen molar-refractivity contribution in [3.05, 3.63) is 0 Å². The molecule has 2 unspecified atom stereocenters. The molecule has 1 aliphatic heterocycles. The Morgan fingerprint density at radius 2 is 2.33 bits per heavy atom. The second kappa shape index (κ2) is 3.76. The van der Waals surface area contributed by atoms with E-state index in [1.165, 1.54) is 6.42 Å². The van der Waals surface area contributed by atoms with Crippen LogP contribution in [0.3, 0.4) is 0 Å². The molecule has 3 N–H and O–H groups in total. The predicted octanol–water partition coefficient (Wildman–Crippen LogP) is 0.463. The van der Waals surface area contributed by atoms with E-state index >= 15 is 0 Å². The van der Waals surface area contributed by atoms with E-state index in [1.54, 1.807) is 0 Å². The molecule has 0 aromatic rings. The van der Waals surface area contributed by atoms with Crippen molar-refractivity contribution in [2.75, 3.05) is 13.1 Å². The molecule has 1 heterocycles. The second-order valence-corrected chi connectivity index (χ2v) is 3.71. The third-order valence-electron chi connectivity index (χ3n) is 2.41. The first-order valence-electron chi connectivity index (χ1n) is 4.34. The molecular formula is C8H17N3O. The van der Waals surface area contributed by atoms with Gasteiger partial charge in [-0.15, -0.1) is 0 Å². The van der Waals surface area contributed by atoms with Crippen LogP contribution in [-0.4, -0.2) is 35.1 Å². The van der Waals surface area contributed by atoms with Gasteiger partial charge in [0.1, 0.15) is 0 Å².